The molecule has 2 aromatic rings. The summed E-state index contributed by atoms with van der Waals surface area (Å²) in [6, 6.07) is 0. The molecule has 24 heteroatoms. The van der Waals surface area contributed by atoms with Crippen LogP contribution in [-0.4, -0.2) is 129 Å². The molecule has 1 aliphatic heterocycles. The lowest BCUT2D eigenvalue weighted by atomic mass is 9.62. The van der Waals surface area contributed by atoms with E-state index < -0.39 is 40.2 Å². The van der Waals surface area contributed by atoms with Gasteiger partial charge < -0.3 is 20.0 Å². The standard InChI is InChI=1S/C8H14N4O.C7H12N4O2.C6H12O.C5H9N3.C5H13O2P.C5H12O2S.C4H11BO2/c1-6(13)5-12-7(8(2,3)4)9-10-11-12;1-7(2,3)6-8-10-11(9-6)4-5(12)13;1-5(7)6(2,3)4;1-4(2)5-6-3-7-8-5;2*1-5(2,3)8(4,6)7;1-4(2,3)5(6)7/h5H2,1-4H3;4H2,1-3H3,(H,12,13);1-4H3;4H,3H2,1-2H3;1-4H3,(H,6,7);1-4H3;6-7H,1-3H3. The van der Waals surface area contributed by atoms with Crippen molar-refractivity contribution in [2.24, 2.45) is 26.6 Å². The van der Waals surface area contributed by atoms with Crippen molar-refractivity contribution in [1.29, 1.82) is 0 Å². The summed E-state index contributed by atoms with van der Waals surface area (Å²) in [7, 11) is -6.89. The van der Waals surface area contributed by atoms with Crippen LogP contribution in [-0.2, 0) is 52.7 Å². The second-order valence-corrected chi connectivity index (χ2v) is 27.3. The smallest absolute Gasteiger partial charge is 0.457 e. The number of carboxylic acid groups (broad SMARTS) is 1. The van der Waals surface area contributed by atoms with Crippen LogP contribution in [0.3, 0.4) is 0 Å². The number of carboxylic acids is 1. The molecule has 0 saturated carbocycles. The monoisotopic (exact) mass is 952 g/mol. The Morgan fingerprint density at radius 2 is 1.20 bits per heavy atom. The van der Waals surface area contributed by atoms with Crippen molar-refractivity contribution in [3.8, 4) is 0 Å². The molecule has 0 spiro atoms. The minimum atomic E-state index is -2.85. The second kappa shape index (κ2) is 27.1. The van der Waals surface area contributed by atoms with Gasteiger partial charge >= 0.3 is 13.1 Å². The maximum absolute atomic E-state index is 10.9. The molecule has 64 heavy (non-hydrogen) atoms. The number of aromatic nitrogens is 8. The minimum absolute atomic E-state index is 0.0535. The van der Waals surface area contributed by atoms with Gasteiger partial charge in [-0.25, -0.2) is 18.1 Å². The summed E-state index contributed by atoms with van der Waals surface area (Å²) in [4.78, 5) is 45.6. The predicted molar refractivity (Wildman–Crippen MR) is 253 cm³/mol. The molecule has 2 aromatic heterocycles. The van der Waals surface area contributed by atoms with Crippen LogP contribution in [0, 0.1) is 11.3 Å². The van der Waals surface area contributed by atoms with Crippen molar-refractivity contribution in [2.75, 3.05) is 19.6 Å². The number of amidine groups is 1. The van der Waals surface area contributed by atoms with Crippen LogP contribution >= 0.6 is 7.37 Å². The summed E-state index contributed by atoms with van der Waals surface area (Å²) in [5.74, 6) is 1.92. The zero-order chi connectivity index (χ0) is 52.3. The molecular weight excluding hydrogens is 868 g/mol. The van der Waals surface area contributed by atoms with E-state index in [1.54, 1.807) is 73.9 Å². The third-order valence-corrected chi connectivity index (χ3v) is 12.9. The SMILES string of the molecule is CC(=O)C(C)(C)C.CC(=O)Cn1nnnc1C(C)(C)C.CC(C)(C)B(O)O.CC(C)(C)P(C)(=O)O.CC(C)(C)S(C)(=O)=O.CC(C)(C)c1nnn(CC(=O)O)n1.CC(C)C1=NCN=N1. The molecule has 0 bridgehead atoms. The number of carbonyl (C=O) groups is 3. The summed E-state index contributed by atoms with van der Waals surface area (Å²) in [5, 5.41) is 54.5. The minimum Gasteiger partial charge on any atom is -0.480 e. The first-order chi connectivity index (χ1) is 28.0. The lowest BCUT2D eigenvalue weighted by Gasteiger charge is -2.21. The van der Waals surface area contributed by atoms with Gasteiger partial charge in [0.25, 0.3) is 0 Å². The number of aliphatic carboxylic acids is 1. The first-order valence-electron chi connectivity index (χ1n) is 20.5. The average Bonchev–Trinajstić information content (AvgIpc) is 3.82. The van der Waals surface area contributed by atoms with Crippen LogP contribution < -0.4 is 0 Å². The van der Waals surface area contributed by atoms with Crippen molar-refractivity contribution in [1.82, 2.24) is 40.4 Å². The first-order valence-corrected chi connectivity index (χ1v) is 24.5. The topological polar surface area (TPSA) is 308 Å². The highest BCUT2D eigenvalue weighted by Crippen LogP contribution is 2.49. The Labute approximate surface area is 383 Å². The number of Topliss-reactive ketones (excluding diaryl/α,β-unsaturated/α-hetero) is 2. The molecule has 3 rings (SSSR count). The second-order valence-electron chi connectivity index (χ2n) is 21.4. The average molecular weight is 952 g/mol. The first kappa shape index (κ1) is 66.9. The Morgan fingerprint density at radius 1 is 0.797 bits per heavy atom. The molecule has 1 atom stereocenters. The number of nitrogens with zero attached hydrogens (tertiary/aromatic N) is 11. The fraction of sp³-hybridized carbons (Fsp3) is 0.850. The third-order valence-electron chi connectivity index (χ3n) is 8.15. The van der Waals surface area contributed by atoms with E-state index in [2.05, 4.69) is 60.0 Å². The molecule has 3 heterocycles. The molecule has 0 aliphatic carbocycles. The zero-order valence-corrected chi connectivity index (χ0v) is 45.0. The lowest BCUT2D eigenvalue weighted by molar-refractivity contribution is -0.138. The summed E-state index contributed by atoms with van der Waals surface area (Å²) < 4.78 is 33.1. The third kappa shape index (κ3) is 32.9. The van der Waals surface area contributed by atoms with Gasteiger partial charge in [0.15, 0.2) is 40.5 Å². The van der Waals surface area contributed by atoms with Crippen molar-refractivity contribution in [2.45, 2.75) is 191 Å². The van der Waals surface area contributed by atoms with Gasteiger partial charge in [-0.3, -0.25) is 18.9 Å². The molecule has 0 amide bonds. The lowest BCUT2D eigenvalue weighted by Crippen LogP contribution is -2.26. The predicted octanol–water partition coefficient (Wildman–Crippen LogP) is 6.47. The van der Waals surface area contributed by atoms with Crippen molar-refractivity contribution < 1.29 is 47.4 Å². The van der Waals surface area contributed by atoms with Crippen LogP contribution in [0.5, 0.6) is 0 Å². The molecule has 21 nitrogen and oxygen atoms in total. The van der Waals surface area contributed by atoms with Crippen molar-refractivity contribution in [3.63, 3.8) is 0 Å². The highest BCUT2D eigenvalue weighted by molar-refractivity contribution is 7.92. The van der Waals surface area contributed by atoms with Gasteiger partial charge in [0.1, 0.15) is 18.2 Å². The number of sulfone groups is 1. The van der Waals surface area contributed by atoms with E-state index in [1.165, 1.54) is 19.8 Å². The van der Waals surface area contributed by atoms with Crippen molar-refractivity contribution in [3.05, 3.63) is 11.6 Å². The maximum Gasteiger partial charge on any atom is 0.457 e. The van der Waals surface area contributed by atoms with E-state index in [9.17, 15) is 27.4 Å². The van der Waals surface area contributed by atoms with Crippen LogP contribution in [0.15, 0.2) is 15.2 Å². The Kier molecular flexibility index (Phi) is 28.3. The van der Waals surface area contributed by atoms with E-state index in [4.69, 9.17) is 20.0 Å². The molecule has 0 saturated heterocycles. The molecule has 0 aromatic carbocycles. The normalized spacial score (nSPS) is 13.7. The molecule has 1 unspecified atom stereocenters. The van der Waals surface area contributed by atoms with E-state index >= 15 is 0 Å². The fourth-order valence-corrected chi connectivity index (χ4v) is 2.33. The van der Waals surface area contributed by atoms with Gasteiger partial charge in [0.2, 0.25) is 7.37 Å². The quantitative estimate of drug-likeness (QED) is 0.184. The number of aliphatic imine (C=N–C) groups is 1. The summed E-state index contributed by atoms with van der Waals surface area (Å²) in [6.45, 7) is 42.4. The molecular formula is C40H83BN11O10PS. The largest absolute Gasteiger partial charge is 0.480 e. The number of tetrazole rings is 2. The van der Waals surface area contributed by atoms with Gasteiger partial charge in [0.05, 0.1) is 4.75 Å². The van der Waals surface area contributed by atoms with Crippen LogP contribution in [0.4, 0.5) is 0 Å². The van der Waals surface area contributed by atoms with Gasteiger partial charge in [0, 0.05) is 40.2 Å². The number of azo groups is 1. The van der Waals surface area contributed by atoms with E-state index in [0.29, 0.717) is 18.4 Å². The maximum atomic E-state index is 10.9. The van der Waals surface area contributed by atoms with Gasteiger partial charge in [-0.2, -0.15) is 9.91 Å². The molecule has 0 radical (unpaired) electrons. The van der Waals surface area contributed by atoms with E-state index in [0.717, 1.165) is 16.5 Å². The Morgan fingerprint density at radius 3 is 1.41 bits per heavy atom. The number of carbonyl (C=O) groups excluding carboxylic acids is 2. The van der Waals surface area contributed by atoms with Crippen LogP contribution in [0.1, 0.15) is 164 Å². The van der Waals surface area contributed by atoms with Crippen LogP contribution in [0.2, 0.25) is 5.31 Å². The number of rotatable bonds is 5. The molecule has 0 fully saturated rings. The summed E-state index contributed by atoms with van der Waals surface area (Å²) >= 11 is 0. The number of ketones is 2. The number of hydrogen-bond donors (Lipinski definition) is 4. The zero-order valence-electron chi connectivity index (χ0n) is 43.3. The van der Waals surface area contributed by atoms with E-state index in [-0.39, 0.29) is 46.2 Å². The van der Waals surface area contributed by atoms with Crippen molar-refractivity contribution >= 4 is 47.7 Å². The Hall–Kier alpha value is -3.66. The Balaban J connectivity index is -0.000000334. The molecule has 372 valence electrons. The summed E-state index contributed by atoms with van der Waals surface area (Å²) in [5.41, 5.74) is -0.463. The van der Waals surface area contributed by atoms with Crippen LogP contribution in [0.25, 0.3) is 0 Å². The molecule has 4 N–H and O–H groups in total. The van der Waals surface area contributed by atoms with Gasteiger partial charge in [-0.1, -0.05) is 118 Å². The number of hydrogen-bond acceptors (Lipinski definition) is 17. The molecule has 1 aliphatic rings. The van der Waals surface area contributed by atoms with Gasteiger partial charge in [-0.15, -0.1) is 20.4 Å². The highest BCUT2D eigenvalue weighted by atomic mass is 32.2. The van der Waals surface area contributed by atoms with Gasteiger partial charge in [-0.05, 0) is 55.6 Å². The fourth-order valence-electron chi connectivity index (χ4n) is 2.33. The van der Waals surface area contributed by atoms with E-state index in [1.807, 2.05) is 62.3 Å². The summed E-state index contributed by atoms with van der Waals surface area (Å²) in [6.07, 6.45) is 1.24. The highest BCUT2D eigenvalue weighted by Gasteiger charge is 2.29. The Bertz CT molecular complexity index is 1930.